The number of nitrogens with two attached hydrogens (primary N) is 1. The van der Waals surface area contributed by atoms with E-state index in [4.69, 9.17) is 5.73 Å². The fourth-order valence-corrected chi connectivity index (χ4v) is 1.57. The molecule has 0 aromatic rings. The van der Waals surface area contributed by atoms with Gasteiger partial charge in [-0.05, 0) is 13.1 Å². The molecule has 18 heavy (non-hydrogen) atoms. The van der Waals surface area contributed by atoms with Crippen LogP contribution in [-0.2, 0) is 9.59 Å². The maximum absolute atomic E-state index is 11.5. The number of rotatable bonds is 9. The van der Waals surface area contributed by atoms with E-state index < -0.39 is 11.9 Å². The summed E-state index contributed by atoms with van der Waals surface area (Å²) in [7, 11) is 3.33. The van der Waals surface area contributed by atoms with E-state index in [9.17, 15) is 9.59 Å². The van der Waals surface area contributed by atoms with E-state index in [1.54, 1.807) is 14.1 Å². The van der Waals surface area contributed by atoms with Crippen molar-refractivity contribution in [3.8, 4) is 0 Å². The number of hydrogen-bond acceptors (Lipinski definition) is 4. The van der Waals surface area contributed by atoms with Crippen LogP contribution in [0.4, 0.5) is 0 Å². The molecule has 0 bridgehead atoms. The largest absolute Gasteiger partial charge is 0.368 e. The van der Waals surface area contributed by atoms with Gasteiger partial charge < -0.3 is 20.9 Å². The van der Waals surface area contributed by atoms with Crippen LogP contribution in [0.3, 0.4) is 0 Å². The zero-order valence-electron chi connectivity index (χ0n) is 11.9. The van der Waals surface area contributed by atoms with Crippen LogP contribution >= 0.6 is 0 Å². The molecule has 0 aliphatic carbocycles. The van der Waals surface area contributed by atoms with E-state index >= 15 is 0 Å². The minimum atomic E-state index is -0.588. The van der Waals surface area contributed by atoms with Crippen molar-refractivity contribution in [2.75, 3.05) is 40.3 Å². The third-order valence-corrected chi connectivity index (χ3v) is 2.93. The van der Waals surface area contributed by atoms with Crippen LogP contribution in [0, 0.1) is 0 Å². The fraction of sp³-hybridized carbons (Fsp3) is 0.833. The number of primary amides is 1. The lowest BCUT2D eigenvalue weighted by atomic mass is 10.2. The average molecular weight is 258 g/mol. The number of carbonyl (C=O) groups is 2. The van der Waals surface area contributed by atoms with Gasteiger partial charge in [0.1, 0.15) is 0 Å². The molecule has 0 radical (unpaired) electrons. The second kappa shape index (κ2) is 8.88. The molecule has 0 aromatic carbocycles. The predicted molar refractivity (Wildman–Crippen MR) is 72.1 cm³/mol. The molecular formula is C12H26N4O2. The number of nitrogens with zero attached hydrogens (tertiary/aromatic N) is 2. The summed E-state index contributed by atoms with van der Waals surface area (Å²) in [5.41, 5.74) is 5.28. The highest BCUT2D eigenvalue weighted by molar-refractivity contribution is 5.87. The third-order valence-electron chi connectivity index (χ3n) is 2.93. The zero-order valence-corrected chi connectivity index (χ0v) is 11.9. The molecule has 6 heteroatoms. The molecule has 0 fully saturated rings. The van der Waals surface area contributed by atoms with E-state index in [2.05, 4.69) is 24.1 Å². The van der Waals surface area contributed by atoms with Crippen LogP contribution in [0.1, 0.15) is 20.3 Å². The van der Waals surface area contributed by atoms with Crippen molar-refractivity contribution in [2.45, 2.75) is 26.3 Å². The lowest BCUT2D eigenvalue weighted by Crippen LogP contribution is -2.46. The maximum atomic E-state index is 11.5. The summed E-state index contributed by atoms with van der Waals surface area (Å²) in [6.45, 7) is 7.60. The summed E-state index contributed by atoms with van der Waals surface area (Å²) >= 11 is 0. The molecule has 6 nitrogen and oxygen atoms in total. The Hall–Kier alpha value is -1.14. The Kier molecular flexibility index (Phi) is 8.32. The molecule has 106 valence electrons. The quantitative estimate of drug-likeness (QED) is 0.570. The Balaban J connectivity index is 4.13. The molecule has 0 aliphatic rings. The maximum Gasteiger partial charge on any atom is 0.235 e. The molecule has 0 rings (SSSR count). The van der Waals surface area contributed by atoms with Crippen molar-refractivity contribution in [3.63, 3.8) is 0 Å². The van der Waals surface area contributed by atoms with Crippen molar-refractivity contribution in [3.05, 3.63) is 0 Å². The van der Waals surface area contributed by atoms with Gasteiger partial charge in [-0.15, -0.1) is 0 Å². The van der Waals surface area contributed by atoms with Gasteiger partial charge in [-0.1, -0.05) is 13.8 Å². The number of amides is 2. The minimum absolute atomic E-state index is 0.103. The summed E-state index contributed by atoms with van der Waals surface area (Å²) in [4.78, 5) is 26.5. The second-order valence-electron chi connectivity index (χ2n) is 4.43. The smallest absolute Gasteiger partial charge is 0.235 e. The molecule has 0 spiro atoms. The lowest BCUT2D eigenvalue weighted by Gasteiger charge is -2.21. The van der Waals surface area contributed by atoms with E-state index in [0.29, 0.717) is 6.54 Å². The van der Waals surface area contributed by atoms with Crippen LogP contribution in [0.25, 0.3) is 0 Å². The highest BCUT2D eigenvalue weighted by atomic mass is 16.2. The lowest BCUT2D eigenvalue weighted by molar-refractivity contribution is -0.132. The van der Waals surface area contributed by atoms with Crippen molar-refractivity contribution in [2.24, 2.45) is 5.73 Å². The summed E-state index contributed by atoms with van der Waals surface area (Å²) < 4.78 is 0. The monoisotopic (exact) mass is 258 g/mol. The van der Waals surface area contributed by atoms with Gasteiger partial charge in [-0.25, -0.2) is 0 Å². The van der Waals surface area contributed by atoms with Crippen LogP contribution in [0.15, 0.2) is 0 Å². The highest BCUT2D eigenvalue weighted by Crippen LogP contribution is 1.95. The molecule has 0 heterocycles. The van der Waals surface area contributed by atoms with Gasteiger partial charge in [0.05, 0.1) is 12.5 Å². The first-order chi connectivity index (χ1) is 8.42. The van der Waals surface area contributed by atoms with E-state index in [0.717, 1.165) is 19.6 Å². The first-order valence-electron chi connectivity index (χ1n) is 6.37. The number of likely N-dealkylation sites (N-methyl/N-ethyl adjacent to an activating group) is 1. The first kappa shape index (κ1) is 16.9. The molecule has 1 unspecified atom stereocenters. The summed E-state index contributed by atoms with van der Waals surface area (Å²) in [6, 6.07) is -0.588. The Labute approximate surface area is 109 Å². The number of carbonyl (C=O) groups excluding carboxylic acids is 2. The van der Waals surface area contributed by atoms with Gasteiger partial charge in [-0.3, -0.25) is 9.59 Å². The van der Waals surface area contributed by atoms with Gasteiger partial charge in [0.15, 0.2) is 0 Å². The van der Waals surface area contributed by atoms with Crippen LogP contribution in [0.2, 0.25) is 0 Å². The van der Waals surface area contributed by atoms with E-state index in [1.165, 1.54) is 4.90 Å². The predicted octanol–water partition coefficient (Wildman–Crippen LogP) is -0.750. The van der Waals surface area contributed by atoms with Crippen molar-refractivity contribution in [1.29, 1.82) is 0 Å². The van der Waals surface area contributed by atoms with Gasteiger partial charge in [-0.2, -0.15) is 0 Å². The highest BCUT2D eigenvalue weighted by Gasteiger charge is 2.19. The Bertz CT molecular complexity index is 265. The normalized spacial score (nSPS) is 12.5. The summed E-state index contributed by atoms with van der Waals surface area (Å²) in [5.74, 6) is -0.584. The van der Waals surface area contributed by atoms with Gasteiger partial charge >= 0.3 is 0 Å². The minimum Gasteiger partial charge on any atom is -0.368 e. The molecule has 1 atom stereocenters. The molecule has 0 saturated heterocycles. The summed E-state index contributed by atoms with van der Waals surface area (Å²) in [5, 5.41) is 3.04. The molecule has 3 N–H and O–H groups in total. The first-order valence-corrected chi connectivity index (χ1v) is 6.37. The Morgan fingerprint density at radius 3 is 2.17 bits per heavy atom. The molecule has 0 saturated carbocycles. The topological polar surface area (TPSA) is 78.7 Å². The second-order valence-corrected chi connectivity index (χ2v) is 4.43. The molecule has 0 aromatic heterocycles. The number of hydrogen-bond donors (Lipinski definition) is 2. The standard InChI is InChI=1S/C12H26N4O2/c1-5-16(6-2)8-7-14-10(12(13)18)9-11(17)15(3)4/h10,14H,5-9H2,1-4H3,(H2,13,18). The molecular weight excluding hydrogens is 232 g/mol. The van der Waals surface area contributed by atoms with Crippen molar-refractivity contribution >= 4 is 11.8 Å². The molecule has 2 amide bonds. The average Bonchev–Trinajstić information content (AvgIpc) is 2.32. The number of nitrogens with one attached hydrogen (secondary N) is 1. The van der Waals surface area contributed by atoms with Crippen LogP contribution in [0.5, 0.6) is 0 Å². The molecule has 0 aliphatic heterocycles. The van der Waals surface area contributed by atoms with Gasteiger partial charge in [0.2, 0.25) is 11.8 Å². The fourth-order valence-electron chi connectivity index (χ4n) is 1.57. The SMILES string of the molecule is CCN(CC)CCNC(CC(=O)N(C)C)C(N)=O. The Morgan fingerprint density at radius 1 is 1.22 bits per heavy atom. The van der Waals surface area contributed by atoms with Crippen molar-refractivity contribution < 1.29 is 9.59 Å². The zero-order chi connectivity index (χ0) is 14.1. The van der Waals surface area contributed by atoms with Crippen LogP contribution < -0.4 is 11.1 Å². The van der Waals surface area contributed by atoms with Crippen LogP contribution in [-0.4, -0.2) is 67.9 Å². The van der Waals surface area contributed by atoms with Gasteiger partial charge in [0.25, 0.3) is 0 Å². The van der Waals surface area contributed by atoms with Crippen molar-refractivity contribution in [1.82, 2.24) is 15.1 Å². The van der Waals surface area contributed by atoms with Gasteiger partial charge in [0, 0.05) is 27.2 Å². The summed E-state index contributed by atoms with van der Waals surface area (Å²) in [6.07, 6.45) is 0.112. The van der Waals surface area contributed by atoms with E-state index in [1.807, 2.05) is 0 Å². The Morgan fingerprint density at radius 2 is 1.78 bits per heavy atom. The van der Waals surface area contributed by atoms with E-state index in [-0.39, 0.29) is 12.3 Å². The third kappa shape index (κ3) is 6.56.